The van der Waals surface area contributed by atoms with Crippen molar-refractivity contribution in [1.82, 2.24) is 5.32 Å². The van der Waals surface area contributed by atoms with E-state index < -0.39 is 62.6 Å². The lowest BCUT2D eigenvalue weighted by atomic mass is 10.2. The van der Waals surface area contributed by atoms with Gasteiger partial charge in [0.1, 0.15) is 12.6 Å². The third-order valence-electron chi connectivity index (χ3n) is 5.68. The standard InChI is InChI=1S/C28H36NO13P/c1-4-38-24(30)17-40-22-12-11-20(15-23(22)41-18-25(31)39-5-2)27(33)43(35,36)14-13-21(26(32)37-3)29-28(34)42-16-19-9-7-6-8-10-19/h6-12,15,21,27,33H,4-5,13-14,16-18H2,1-3H3,(H,29,34)(H,35,36)/t21-,27?/m0/s1. The molecule has 0 bridgehead atoms. The summed E-state index contributed by atoms with van der Waals surface area (Å²) in [5, 5.41) is 13.1. The molecule has 14 nitrogen and oxygen atoms in total. The lowest BCUT2D eigenvalue weighted by molar-refractivity contribution is -0.146. The Balaban J connectivity index is 2.13. The Morgan fingerprint density at radius 1 is 0.884 bits per heavy atom. The van der Waals surface area contributed by atoms with Crippen LogP contribution in [0.3, 0.4) is 0 Å². The highest BCUT2D eigenvalue weighted by Gasteiger charge is 2.34. The normalized spacial score (nSPS) is 13.4. The summed E-state index contributed by atoms with van der Waals surface area (Å²) in [4.78, 5) is 58.8. The van der Waals surface area contributed by atoms with E-state index in [0.717, 1.165) is 7.11 Å². The average Bonchev–Trinajstić information content (AvgIpc) is 3.00. The highest BCUT2D eigenvalue weighted by Crippen LogP contribution is 2.55. The summed E-state index contributed by atoms with van der Waals surface area (Å²) in [6.07, 6.45) is -1.92. The van der Waals surface area contributed by atoms with E-state index in [9.17, 15) is 33.7 Å². The second-order valence-corrected chi connectivity index (χ2v) is 11.3. The zero-order chi connectivity index (χ0) is 31.8. The van der Waals surface area contributed by atoms with Crippen molar-refractivity contribution in [2.75, 3.05) is 39.7 Å². The average molecular weight is 626 g/mol. The minimum atomic E-state index is -4.45. The zero-order valence-electron chi connectivity index (χ0n) is 24.1. The summed E-state index contributed by atoms with van der Waals surface area (Å²) in [6, 6.07) is 11.2. The number of alkyl carbamates (subject to hydrolysis) is 1. The Bertz CT molecular complexity index is 1270. The van der Waals surface area contributed by atoms with Crippen LogP contribution in [0.2, 0.25) is 0 Å². The number of carbonyl (C=O) groups excluding carboxylic acids is 4. The van der Waals surface area contributed by atoms with E-state index in [-0.39, 0.29) is 43.3 Å². The van der Waals surface area contributed by atoms with Gasteiger partial charge in [-0.3, -0.25) is 4.57 Å². The van der Waals surface area contributed by atoms with Gasteiger partial charge >= 0.3 is 24.0 Å². The second-order valence-electron chi connectivity index (χ2n) is 8.82. The fourth-order valence-electron chi connectivity index (χ4n) is 3.56. The van der Waals surface area contributed by atoms with Crippen LogP contribution < -0.4 is 14.8 Å². The number of carbonyl (C=O) groups is 4. The molecule has 0 aliphatic heterocycles. The number of rotatable bonds is 17. The number of ether oxygens (including phenoxy) is 6. The predicted molar refractivity (Wildman–Crippen MR) is 151 cm³/mol. The molecule has 0 aromatic heterocycles. The number of nitrogens with one attached hydrogen (secondary N) is 1. The number of esters is 3. The molecule has 1 amide bonds. The van der Waals surface area contributed by atoms with E-state index in [1.807, 2.05) is 0 Å². The van der Waals surface area contributed by atoms with Gasteiger partial charge in [0.25, 0.3) is 0 Å². The van der Waals surface area contributed by atoms with Crippen molar-refractivity contribution in [1.29, 1.82) is 0 Å². The number of methoxy groups -OCH3 is 1. The van der Waals surface area contributed by atoms with E-state index in [2.05, 4.69) is 10.1 Å². The van der Waals surface area contributed by atoms with Crippen molar-refractivity contribution in [3.8, 4) is 11.5 Å². The predicted octanol–water partition coefficient (Wildman–Crippen LogP) is 2.69. The molecule has 0 saturated carbocycles. The van der Waals surface area contributed by atoms with E-state index in [1.54, 1.807) is 44.2 Å². The van der Waals surface area contributed by atoms with Gasteiger partial charge in [0.05, 0.1) is 20.3 Å². The third-order valence-corrected chi connectivity index (χ3v) is 7.64. The molecule has 43 heavy (non-hydrogen) atoms. The lowest BCUT2D eigenvalue weighted by Crippen LogP contribution is -2.42. The Labute approximate surface area is 248 Å². The van der Waals surface area contributed by atoms with Gasteiger partial charge in [0.15, 0.2) is 30.6 Å². The van der Waals surface area contributed by atoms with Gasteiger partial charge in [-0.1, -0.05) is 36.4 Å². The monoisotopic (exact) mass is 625 g/mol. The molecule has 2 aromatic rings. The van der Waals surface area contributed by atoms with Gasteiger partial charge in [0.2, 0.25) is 7.37 Å². The molecule has 0 radical (unpaired) electrons. The molecular formula is C28H36NO13P. The number of benzene rings is 2. The van der Waals surface area contributed by atoms with E-state index in [1.165, 1.54) is 18.2 Å². The largest absolute Gasteiger partial charge is 0.478 e. The first-order chi connectivity index (χ1) is 20.5. The quantitative estimate of drug-likeness (QED) is 0.132. The summed E-state index contributed by atoms with van der Waals surface area (Å²) < 4.78 is 43.4. The minimum absolute atomic E-state index is 0.00922. The Morgan fingerprint density at radius 2 is 1.49 bits per heavy atom. The van der Waals surface area contributed by atoms with Gasteiger partial charge in [-0.2, -0.15) is 0 Å². The van der Waals surface area contributed by atoms with Crippen LogP contribution in [0.1, 0.15) is 37.2 Å². The molecular weight excluding hydrogens is 589 g/mol. The highest BCUT2D eigenvalue weighted by molar-refractivity contribution is 7.58. The van der Waals surface area contributed by atoms with Crippen LogP contribution in [0, 0.1) is 0 Å². The number of hydrogen-bond donors (Lipinski definition) is 3. The van der Waals surface area contributed by atoms with Crippen LogP contribution >= 0.6 is 7.37 Å². The molecule has 3 N–H and O–H groups in total. The molecule has 3 atom stereocenters. The topological polar surface area (TPSA) is 193 Å². The molecule has 0 saturated heterocycles. The molecule has 15 heteroatoms. The number of aliphatic hydroxyl groups is 1. The van der Waals surface area contributed by atoms with Gasteiger partial charge in [-0.05, 0) is 43.5 Å². The van der Waals surface area contributed by atoms with Crippen LogP contribution in [-0.2, 0) is 44.5 Å². The van der Waals surface area contributed by atoms with Crippen molar-refractivity contribution in [2.24, 2.45) is 0 Å². The van der Waals surface area contributed by atoms with Crippen molar-refractivity contribution in [3.63, 3.8) is 0 Å². The molecule has 0 fully saturated rings. The summed E-state index contributed by atoms with van der Waals surface area (Å²) >= 11 is 0. The van der Waals surface area contributed by atoms with E-state index in [4.69, 9.17) is 23.7 Å². The second kappa shape index (κ2) is 17.7. The smallest absolute Gasteiger partial charge is 0.408 e. The zero-order valence-corrected chi connectivity index (χ0v) is 25.0. The molecule has 236 valence electrons. The van der Waals surface area contributed by atoms with Crippen LogP contribution in [-0.4, -0.2) is 79.7 Å². The van der Waals surface area contributed by atoms with Crippen LogP contribution in [0.25, 0.3) is 0 Å². The molecule has 2 unspecified atom stereocenters. The van der Waals surface area contributed by atoms with Crippen LogP contribution in [0.4, 0.5) is 4.79 Å². The lowest BCUT2D eigenvalue weighted by Gasteiger charge is -2.22. The van der Waals surface area contributed by atoms with Crippen molar-refractivity contribution < 1.29 is 62.2 Å². The molecule has 0 aliphatic carbocycles. The van der Waals surface area contributed by atoms with Crippen LogP contribution in [0.5, 0.6) is 11.5 Å². The Hall–Kier alpha value is -4.13. The van der Waals surface area contributed by atoms with Gasteiger partial charge in [0, 0.05) is 6.16 Å². The van der Waals surface area contributed by atoms with Gasteiger partial charge in [-0.25, -0.2) is 19.2 Å². The Morgan fingerprint density at radius 3 is 2.07 bits per heavy atom. The highest BCUT2D eigenvalue weighted by atomic mass is 31.2. The maximum absolute atomic E-state index is 13.2. The summed E-state index contributed by atoms with van der Waals surface area (Å²) in [5.41, 5.74) is 0.621. The van der Waals surface area contributed by atoms with Crippen LogP contribution in [0.15, 0.2) is 48.5 Å². The first-order valence-corrected chi connectivity index (χ1v) is 15.2. The van der Waals surface area contributed by atoms with Crippen molar-refractivity contribution in [3.05, 3.63) is 59.7 Å². The van der Waals surface area contributed by atoms with Crippen molar-refractivity contribution >= 4 is 31.4 Å². The molecule has 0 aliphatic rings. The molecule has 2 rings (SSSR count). The molecule has 0 heterocycles. The maximum atomic E-state index is 13.2. The maximum Gasteiger partial charge on any atom is 0.408 e. The van der Waals surface area contributed by atoms with E-state index in [0.29, 0.717) is 5.56 Å². The fourth-order valence-corrected chi connectivity index (χ4v) is 5.06. The fraction of sp³-hybridized carbons (Fsp3) is 0.429. The molecule has 2 aromatic carbocycles. The molecule has 0 spiro atoms. The summed E-state index contributed by atoms with van der Waals surface area (Å²) in [6.45, 7) is 2.36. The Kier molecular flexibility index (Phi) is 14.5. The third kappa shape index (κ3) is 11.9. The summed E-state index contributed by atoms with van der Waals surface area (Å²) in [5.74, 6) is -4.35. The minimum Gasteiger partial charge on any atom is -0.478 e. The first kappa shape index (κ1) is 35.1. The van der Waals surface area contributed by atoms with Crippen molar-refractivity contribution in [2.45, 2.75) is 38.8 Å². The number of hydrogen-bond acceptors (Lipinski definition) is 12. The SMILES string of the molecule is CCOC(=O)COc1ccc(C(O)P(=O)(O)CC[C@H](NC(=O)OCc2ccccc2)C(=O)OC)cc1OCC(=O)OCC. The van der Waals surface area contributed by atoms with Gasteiger partial charge < -0.3 is 43.7 Å². The number of amides is 1. The van der Waals surface area contributed by atoms with Gasteiger partial charge in [-0.15, -0.1) is 0 Å². The summed E-state index contributed by atoms with van der Waals surface area (Å²) in [7, 11) is -3.36. The first-order valence-electron chi connectivity index (χ1n) is 13.3. The number of aliphatic hydroxyl groups excluding tert-OH is 1. The van der Waals surface area contributed by atoms with E-state index >= 15 is 0 Å².